The molecule has 32 heavy (non-hydrogen) atoms. The lowest BCUT2D eigenvalue weighted by Crippen LogP contribution is -2.58. The lowest BCUT2D eigenvalue weighted by molar-refractivity contribution is -0.131. The van der Waals surface area contributed by atoms with Crippen molar-refractivity contribution >= 4 is 46.3 Å². The van der Waals surface area contributed by atoms with E-state index in [1.807, 2.05) is 40.8 Å². The molecule has 168 valence electrons. The summed E-state index contributed by atoms with van der Waals surface area (Å²) in [6, 6.07) is 9.78. The van der Waals surface area contributed by atoms with Gasteiger partial charge in [-0.2, -0.15) is 0 Å². The number of nitrogens with one attached hydrogen (secondary N) is 1. The molecule has 0 bridgehead atoms. The van der Waals surface area contributed by atoms with Gasteiger partial charge in [-0.25, -0.2) is 9.97 Å². The topological polar surface area (TPSA) is 117 Å². The van der Waals surface area contributed by atoms with Gasteiger partial charge in [-0.3, -0.25) is 9.10 Å². The van der Waals surface area contributed by atoms with Crippen LogP contribution < -0.4 is 16.4 Å². The second-order valence-electron chi connectivity index (χ2n) is 8.44. The number of carbonyl (C=O) groups excluding carboxylic acids is 1. The number of anilines is 1. The second kappa shape index (κ2) is 8.55. The summed E-state index contributed by atoms with van der Waals surface area (Å²) in [5.74, 6) is 1.06. The van der Waals surface area contributed by atoms with E-state index in [9.17, 15) is 4.79 Å². The average Bonchev–Trinajstić information content (AvgIpc) is 3.44. The predicted molar refractivity (Wildman–Crippen MR) is 128 cm³/mol. The van der Waals surface area contributed by atoms with Crippen molar-refractivity contribution in [3.05, 3.63) is 53.4 Å². The largest absolute Gasteiger partial charge is 0.356 e. The van der Waals surface area contributed by atoms with Crippen LogP contribution in [0, 0.1) is 0 Å². The van der Waals surface area contributed by atoms with Crippen LogP contribution in [-0.2, 0) is 4.79 Å². The van der Waals surface area contributed by atoms with Gasteiger partial charge >= 0.3 is 0 Å². The van der Waals surface area contributed by atoms with E-state index >= 15 is 0 Å². The van der Waals surface area contributed by atoms with Crippen molar-refractivity contribution in [2.75, 3.05) is 24.5 Å². The fourth-order valence-corrected chi connectivity index (χ4v) is 5.78. The zero-order valence-corrected chi connectivity index (χ0v) is 19.1. The summed E-state index contributed by atoms with van der Waals surface area (Å²) in [6.07, 6.45) is 5.38. The number of H-pyrrole nitrogens is 1. The van der Waals surface area contributed by atoms with E-state index in [0.29, 0.717) is 37.5 Å². The van der Waals surface area contributed by atoms with Gasteiger partial charge in [0.15, 0.2) is 0 Å². The van der Waals surface area contributed by atoms with Crippen molar-refractivity contribution in [2.45, 2.75) is 36.1 Å². The number of hydrogen-bond donors (Lipinski definition) is 3. The smallest absolute Gasteiger partial charge is 0.253 e. The molecule has 1 amide bonds. The number of nitrogens with zero attached hydrogens (tertiary/aromatic N) is 4. The number of fused-ring (bicyclic) bond motifs is 1. The number of nitrogens with two attached hydrogens (primary N) is 2. The molecule has 2 aliphatic rings. The first kappa shape index (κ1) is 21.5. The van der Waals surface area contributed by atoms with Crippen LogP contribution in [0.2, 0.25) is 5.02 Å². The number of aromatic amines is 1. The number of aromatic nitrogens is 3. The first-order valence-corrected chi connectivity index (χ1v) is 12.0. The normalized spacial score (nSPS) is 21.0. The summed E-state index contributed by atoms with van der Waals surface area (Å²) in [4.78, 5) is 27.4. The van der Waals surface area contributed by atoms with Crippen molar-refractivity contribution in [1.82, 2.24) is 19.3 Å². The van der Waals surface area contributed by atoms with Crippen molar-refractivity contribution in [2.24, 2.45) is 11.5 Å². The highest BCUT2D eigenvalue weighted by atomic mass is 35.5. The maximum atomic E-state index is 13.4. The highest BCUT2D eigenvalue weighted by Crippen LogP contribution is 2.51. The number of rotatable bonds is 6. The number of piperidine rings is 1. The molecule has 5 rings (SSSR count). The molecule has 2 aromatic heterocycles. The van der Waals surface area contributed by atoms with Gasteiger partial charge in [0.1, 0.15) is 23.2 Å². The van der Waals surface area contributed by atoms with Crippen LogP contribution in [-0.4, -0.2) is 55.7 Å². The van der Waals surface area contributed by atoms with E-state index in [4.69, 9.17) is 23.1 Å². The van der Waals surface area contributed by atoms with E-state index in [0.717, 1.165) is 28.8 Å². The van der Waals surface area contributed by atoms with Gasteiger partial charge in [0, 0.05) is 30.2 Å². The van der Waals surface area contributed by atoms with Gasteiger partial charge in [-0.1, -0.05) is 23.7 Å². The maximum Gasteiger partial charge on any atom is 0.253 e. The van der Waals surface area contributed by atoms with E-state index < -0.39 is 5.54 Å². The molecule has 2 aliphatic heterocycles. The number of halogens is 1. The molecule has 2 saturated heterocycles. The minimum atomic E-state index is -0.865. The predicted octanol–water partition coefficient (Wildman–Crippen LogP) is 2.86. The zero-order chi connectivity index (χ0) is 22.3. The fourth-order valence-electron chi connectivity index (χ4n) is 4.51. The first-order chi connectivity index (χ1) is 15.5. The van der Waals surface area contributed by atoms with E-state index in [-0.39, 0.29) is 17.2 Å². The Balaban J connectivity index is 1.26. The molecule has 5 N–H and O–H groups in total. The van der Waals surface area contributed by atoms with Gasteiger partial charge in [0.2, 0.25) is 0 Å². The first-order valence-electron chi connectivity index (χ1n) is 10.8. The number of amides is 1. The Kier molecular flexibility index (Phi) is 5.75. The van der Waals surface area contributed by atoms with Crippen molar-refractivity contribution in [1.29, 1.82) is 0 Å². The molecule has 3 aromatic rings. The summed E-state index contributed by atoms with van der Waals surface area (Å²) >= 11 is 7.61. The molecule has 0 saturated carbocycles. The second-order valence-corrected chi connectivity index (χ2v) is 9.97. The number of benzene rings is 1. The third kappa shape index (κ3) is 3.94. The summed E-state index contributed by atoms with van der Waals surface area (Å²) in [7, 11) is 0. The van der Waals surface area contributed by atoms with Crippen molar-refractivity contribution < 1.29 is 4.79 Å². The summed E-state index contributed by atoms with van der Waals surface area (Å²) in [6.45, 7) is 1.90. The molecule has 2 fully saturated rings. The van der Waals surface area contributed by atoms with Crippen LogP contribution in [0.3, 0.4) is 0 Å². The van der Waals surface area contributed by atoms with Gasteiger partial charge < -0.3 is 21.4 Å². The van der Waals surface area contributed by atoms with Crippen LogP contribution in [0.4, 0.5) is 5.82 Å². The molecule has 2 unspecified atom stereocenters. The molecule has 0 radical (unpaired) electrons. The summed E-state index contributed by atoms with van der Waals surface area (Å²) < 4.78 is 1.85. The molecule has 0 spiro atoms. The Bertz CT molecular complexity index is 1110. The van der Waals surface area contributed by atoms with Crippen molar-refractivity contribution in [3.63, 3.8) is 0 Å². The van der Waals surface area contributed by atoms with Gasteiger partial charge in [-0.05, 0) is 61.5 Å². The average molecular weight is 472 g/mol. The highest BCUT2D eigenvalue weighted by molar-refractivity contribution is 8.04. The van der Waals surface area contributed by atoms with E-state index in [1.165, 1.54) is 0 Å². The molecule has 10 heteroatoms. The van der Waals surface area contributed by atoms with Gasteiger partial charge in [0.25, 0.3) is 5.91 Å². The lowest BCUT2D eigenvalue weighted by atomic mass is 9.87. The Morgan fingerprint density at radius 2 is 2.00 bits per heavy atom. The SMILES string of the molecule is NCCC(c1ccc(Cl)cc1)C1SN1C(=O)C1(N)CCN(c2ncnc3[nH]ccc23)CC1. The van der Waals surface area contributed by atoms with Gasteiger partial charge in [-0.15, -0.1) is 0 Å². The van der Waals surface area contributed by atoms with Crippen LogP contribution in [0.1, 0.15) is 30.7 Å². The summed E-state index contributed by atoms with van der Waals surface area (Å²) in [5.41, 5.74) is 13.6. The molecule has 4 heterocycles. The molecule has 8 nitrogen and oxygen atoms in total. The standard InChI is InChI=1S/C22H26ClN7OS/c23-15-3-1-14(2-4-15)16(5-9-24)20-30(32-20)21(31)22(25)7-11-29(12-8-22)19-17-6-10-26-18(17)27-13-28-19/h1-4,6,10,13,16,20H,5,7-9,11-12,24-25H2,(H,26,27,28). The Morgan fingerprint density at radius 1 is 1.25 bits per heavy atom. The van der Waals surface area contributed by atoms with Crippen LogP contribution in [0.25, 0.3) is 11.0 Å². The lowest BCUT2D eigenvalue weighted by Gasteiger charge is -2.38. The van der Waals surface area contributed by atoms with E-state index in [2.05, 4.69) is 19.9 Å². The molecular weight excluding hydrogens is 446 g/mol. The van der Waals surface area contributed by atoms with Gasteiger partial charge in [0.05, 0.1) is 10.9 Å². The molecular formula is C22H26ClN7OS. The Hall–Kier alpha value is -2.33. The van der Waals surface area contributed by atoms with Crippen LogP contribution in [0.15, 0.2) is 42.9 Å². The minimum Gasteiger partial charge on any atom is -0.356 e. The zero-order valence-electron chi connectivity index (χ0n) is 17.6. The molecule has 1 aromatic carbocycles. The van der Waals surface area contributed by atoms with Crippen LogP contribution in [0.5, 0.6) is 0 Å². The summed E-state index contributed by atoms with van der Waals surface area (Å²) in [5, 5.41) is 1.74. The monoisotopic (exact) mass is 471 g/mol. The third-order valence-corrected chi connectivity index (χ3v) is 7.85. The van der Waals surface area contributed by atoms with E-state index in [1.54, 1.807) is 18.3 Å². The molecule has 2 atom stereocenters. The molecule has 0 aliphatic carbocycles. The number of hydrogen-bond acceptors (Lipinski definition) is 7. The highest BCUT2D eigenvalue weighted by Gasteiger charge is 2.52. The van der Waals surface area contributed by atoms with Crippen molar-refractivity contribution in [3.8, 4) is 0 Å². The maximum absolute atomic E-state index is 13.4. The Labute approximate surface area is 195 Å². The fraction of sp³-hybridized carbons (Fsp3) is 0.409. The minimum absolute atomic E-state index is 0.0117. The third-order valence-electron chi connectivity index (χ3n) is 6.44. The Morgan fingerprint density at radius 3 is 2.72 bits per heavy atom. The van der Waals surface area contributed by atoms with Crippen LogP contribution >= 0.6 is 23.5 Å². The quantitative estimate of drug-likeness (QED) is 0.373. The number of carbonyl (C=O) groups is 1.